The number of aromatic nitrogens is 1. The van der Waals surface area contributed by atoms with Crippen molar-refractivity contribution in [3.05, 3.63) is 28.7 Å². The van der Waals surface area contributed by atoms with Crippen molar-refractivity contribution in [2.75, 3.05) is 32.7 Å². The van der Waals surface area contributed by atoms with Gasteiger partial charge in [0.1, 0.15) is 0 Å². The standard InChI is InChI=1S/C18H31N5S/c1-4-11-23-12-8-15(9-13-23)22-18(19-6-3)20-10-7-17-21-14-16(5-2)24-17/h4,14-15H,1,5-13H2,2-3H3,(H2,19,20,22). The van der Waals surface area contributed by atoms with Crippen molar-refractivity contribution in [3.8, 4) is 0 Å². The van der Waals surface area contributed by atoms with Crippen LogP contribution in [0.3, 0.4) is 0 Å². The van der Waals surface area contributed by atoms with Crippen LogP contribution in [0, 0.1) is 0 Å². The van der Waals surface area contributed by atoms with Crippen LogP contribution in [0.15, 0.2) is 23.8 Å². The van der Waals surface area contributed by atoms with Gasteiger partial charge in [-0.3, -0.25) is 9.89 Å². The third-order valence-electron chi connectivity index (χ3n) is 4.21. The highest BCUT2D eigenvalue weighted by Gasteiger charge is 2.18. The van der Waals surface area contributed by atoms with Gasteiger partial charge in [0.15, 0.2) is 5.96 Å². The molecule has 0 aromatic carbocycles. The van der Waals surface area contributed by atoms with Gasteiger partial charge in [-0.15, -0.1) is 17.9 Å². The minimum Gasteiger partial charge on any atom is -0.357 e. The number of likely N-dealkylation sites (tertiary alicyclic amines) is 1. The van der Waals surface area contributed by atoms with Gasteiger partial charge in [-0.05, 0) is 26.2 Å². The van der Waals surface area contributed by atoms with Gasteiger partial charge in [0.2, 0.25) is 0 Å². The summed E-state index contributed by atoms with van der Waals surface area (Å²) in [7, 11) is 0. The van der Waals surface area contributed by atoms with Crippen molar-refractivity contribution in [1.82, 2.24) is 20.5 Å². The minimum absolute atomic E-state index is 0.510. The second-order valence-electron chi connectivity index (χ2n) is 6.09. The van der Waals surface area contributed by atoms with Crippen molar-refractivity contribution >= 4 is 17.3 Å². The van der Waals surface area contributed by atoms with Crippen LogP contribution in [0.4, 0.5) is 0 Å². The maximum absolute atomic E-state index is 4.72. The van der Waals surface area contributed by atoms with E-state index in [4.69, 9.17) is 4.99 Å². The van der Waals surface area contributed by atoms with Crippen LogP contribution in [-0.2, 0) is 12.8 Å². The maximum Gasteiger partial charge on any atom is 0.191 e. The number of guanidine groups is 1. The lowest BCUT2D eigenvalue weighted by molar-refractivity contribution is 0.225. The van der Waals surface area contributed by atoms with E-state index in [1.807, 2.05) is 12.3 Å². The molecule has 2 heterocycles. The van der Waals surface area contributed by atoms with Crippen molar-refractivity contribution in [1.29, 1.82) is 0 Å². The Morgan fingerprint density at radius 1 is 1.46 bits per heavy atom. The average Bonchev–Trinajstić information content (AvgIpc) is 3.05. The average molecular weight is 350 g/mol. The first kappa shape index (κ1) is 18.9. The Labute approximate surface area is 150 Å². The molecule has 24 heavy (non-hydrogen) atoms. The molecule has 0 bridgehead atoms. The van der Waals surface area contributed by atoms with Gasteiger partial charge in [0, 0.05) is 56.3 Å². The summed E-state index contributed by atoms with van der Waals surface area (Å²) in [5, 5.41) is 8.14. The van der Waals surface area contributed by atoms with Crippen molar-refractivity contribution < 1.29 is 0 Å². The molecule has 1 fully saturated rings. The van der Waals surface area contributed by atoms with Crippen molar-refractivity contribution in [2.24, 2.45) is 4.99 Å². The van der Waals surface area contributed by atoms with E-state index in [-0.39, 0.29) is 0 Å². The fourth-order valence-corrected chi connectivity index (χ4v) is 3.70. The Bertz CT molecular complexity index is 517. The Hall–Kier alpha value is -1.40. The predicted molar refractivity (Wildman–Crippen MR) is 104 cm³/mol. The van der Waals surface area contributed by atoms with Crippen LogP contribution >= 0.6 is 11.3 Å². The van der Waals surface area contributed by atoms with Crippen LogP contribution in [0.1, 0.15) is 36.6 Å². The number of rotatable bonds is 8. The smallest absolute Gasteiger partial charge is 0.191 e. The number of hydrogen-bond acceptors (Lipinski definition) is 4. The molecule has 0 spiro atoms. The van der Waals surface area contributed by atoms with E-state index in [1.165, 1.54) is 9.88 Å². The van der Waals surface area contributed by atoms with Gasteiger partial charge >= 0.3 is 0 Å². The minimum atomic E-state index is 0.510. The van der Waals surface area contributed by atoms with E-state index in [1.54, 1.807) is 11.3 Å². The van der Waals surface area contributed by atoms with Crippen LogP contribution in [0.25, 0.3) is 0 Å². The number of piperidine rings is 1. The van der Waals surface area contributed by atoms with Gasteiger partial charge < -0.3 is 10.6 Å². The summed E-state index contributed by atoms with van der Waals surface area (Å²) in [6.07, 6.45) is 8.27. The lowest BCUT2D eigenvalue weighted by Gasteiger charge is -2.32. The van der Waals surface area contributed by atoms with Crippen LogP contribution < -0.4 is 10.6 Å². The summed E-state index contributed by atoms with van der Waals surface area (Å²) in [4.78, 5) is 13.0. The first-order valence-electron chi connectivity index (χ1n) is 9.06. The summed E-state index contributed by atoms with van der Waals surface area (Å²) in [5.74, 6) is 0.937. The lowest BCUT2D eigenvalue weighted by atomic mass is 10.1. The highest BCUT2D eigenvalue weighted by atomic mass is 32.1. The van der Waals surface area contributed by atoms with Gasteiger partial charge in [-0.1, -0.05) is 13.0 Å². The third-order valence-corrected chi connectivity index (χ3v) is 5.41. The fourth-order valence-electron chi connectivity index (χ4n) is 2.85. The van der Waals surface area contributed by atoms with E-state index in [0.29, 0.717) is 6.04 Å². The lowest BCUT2D eigenvalue weighted by Crippen LogP contribution is -2.48. The number of hydrogen-bond donors (Lipinski definition) is 2. The summed E-state index contributed by atoms with van der Waals surface area (Å²) in [6, 6.07) is 0.510. The molecular weight excluding hydrogens is 318 g/mol. The number of nitrogens with zero attached hydrogens (tertiary/aromatic N) is 3. The molecule has 0 radical (unpaired) electrons. The maximum atomic E-state index is 4.72. The van der Waals surface area contributed by atoms with Gasteiger partial charge in [-0.2, -0.15) is 0 Å². The second kappa shape index (κ2) is 10.5. The molecule has 1 aromatic rings. The Balaban J connectivity index is 1.79. The molecule has 2 rings (SSSR count). The van der Waals surface area contributed by atoms with Crippen molar-refractivity contribution in [3.63, 3.8) is 0 Å². The van der Waals surface area contributed by atoms with E-state index >= 15 is 0 Å². The molecule has 1 saturated heterocycles. The molecule has 6 heteroatoms. The monoisotopic (exact) mass is 349 g/mol. The molecule has 0 unspecified atom stereocenters. The first-order chi connectivity index (χ1) is 11.7. The molecule has 0 aliphatic carbocycles. The van der Waals surface area contributed by atoms with Crippen LogP contribution in [0.5, 0.6) is 0 Å². The zero-order valence-electron chi connectivity index (χ0n) is 15.1. The largest absolute Gasteiger partial charge is 0.357 e. The molecule has 1 aliphatic rings. The Morgan fingerprint density at radius 2 is 2.25 bits per heavy atom. The highest BCUT2D eigenvalue weighted by Crippen LogP contribution is 2.14. The zero-order valence-corrected chi connectivity index (χ0v) is 15.9. The predicted octanol–water partition coefficient (Wildman–Crippen LogP) is 2.45. The Kier molecular flexibility index (Phi) is 8.25. The molecule has 134 valence electrons. The first-order valence-corrected chi connectivity index (χ1v) is 9.88. The normalized spacial score (nSPS) is 17.0. The molecule has 1 aromatic heterocycles. The number of thiazole rings is 1. The molecule has 0 amide bonds. The molecule has 1 aliphatic heterocycles. The molecule has 2 N–H and O–H groups in total. The molecule has 0 saturated carbocycles. The molecule has 0 atom stereocenters. The molecular formula is C18H31N5S. The van der Waals surface area contributed by atoms with E-state index < -0.39 is 0 Å². The SMILES string of the molecule is C=CCN1CCC(NC(=NCCc2ncc(CC)s2)NCC)CC1. The molecule has 5 nitrogen and oxygen atoms in total. The van der Waals surface area contributed by atoms with Gasteiger partial charge in [0.25, 0.3) is 0 Å². The van der Waals surface area contributed by atoms with Crippen LogP contribution in [-0.4, -0.2) is 54.6 Å². The van der Waals surface area contributed by atoms with Crippen molar-refractivity contribution in [2.45, 2.75) is 45.6 Å². The van der Waals surface area contributed by atoms with Gasteiger partial charge in [0.05, 0.1) is 5.01 Å². The highest BCUT2D eigenvalue weighted by molar-refractivity contribution is 7.11. The number of aryl methyl sites for hydroxylation is 1. The quantitative estimate of drug-likeness (QED) is 0.430. The number of aliphatic imine (C=N–C) groups is 1. The number of nitrogens with one attached hydrogen (secondary N) is 2. The zero-order chi connectivity index (χ0) is 17.2. The Morgan fingerprint density at radius 3 is 2.88 bits per heavy atom. The van der Waals surface area contributed by atoms with E-state index in [0.717, 1.165) is 64.4 Å². The summed E-state index contributed by atoms with van der Waals surface area (Å²) in [6.45, 7) is 13.0. The topological polar surface area (TPSA) is 52.5 Å². The van der Waals surface area contributed by atoms with E-state index in [2.05, 4.69) is 40.9 Å². The van der Waals surface area contributed by atoms with Crippen LogP contribution in [0.2, 0.25) is 0 Å². The van der Waals surface area contributed by atoms with Gasteiger partial charge in [-0.25, -0.2) is 4.98 Å². The second-order valence-corrected chi connectivity index (χ2v) is 7.29. The fraction of sp³-hybridized carbons (Fsp3) is 0.667. The summed E-state index contributed by atoms with van der Waals surface area (Å²) >= 11 is 1.80. The van der Waals surface area contributed by atoms with E-state index in [9.17, 15) is 0 Å². The third kappa shape index (κ3) is 6.24. The summed E-state index contributed by atoms with van der Waals surface area (Å²) < 4.78 is 0. The summed E-state index contributed by atoms with van der Waals surface area (Å²) in [5.41, 5.74) is 0.